The van der Waals surface area contributed by atoms with E-state index in [0.717, 1.165) is 30.3 Å². The van der Waals surface area contributed by atoms with Gasteiger partial charge in [0.25, 0.3) is 0 Å². The number of nitrogens with zero attached hydrogens (tertiary/aromatic N) is 4. The number of anilines is 3. The summed E-state index contributed by atoms with van der Waals surface area (Å²) in [6.07, 6.45) is 1.67. The standard InChI is InChI=1S/C14H19N5O/c1-4-19(5-2)13-10-15-18-14(17-13)16-11-6-8-12(20-3)9-7-11/h6-10H,4-5H2,1-3H3,(H,16,17,18). The number of methoxy groups -OCH3 is 1. The van der Waals surface area contributed by atoms with Crippen molar-refractivity contribution in [1.82, 2.24) is 15.2 Å². The Balaban J connectivity index is 2.14. The predicted molar refractivity (Wildman–Crippen MR) is 79.7 cm³/mol. The number of aromatic nitrogens is 3. The van der Waals surface area contributed by atoms with Crippen molar-refractivity contribution in [2.75, 3.05) is 30.4 Å². The summed E-state index contributed by atoms with van der Waals surface area (Å²) in [5.74, 6) is 2.12. The Morgan fingerprint density at radius 2 is 1.85 bits per heavy atom. The van der Waals surface area contributed by atoms with Crippen molar-refractivity contribution in [2.45, 2.75) is 13.8 Å². The molecule has 1 aromatic heterocycles. The van der Waals surface area contributed by atoms with Gasteiger partial charge in [-0.1, -0.05) is 0 Å². The van der Waals surface area contributed by atoms with E-state index in [1.54, 1.807) is 13.3 Å². The fraction of sp³-hybridized carbons (Fsp3) is 0.357. The zero-order valence-electron chi connectivity index (χ0n) is 12.0. The van der Waals surface area contributed by atoms with Crippen LogP contribution in [0.2, 0.25) is 0 Å². The molecule has 0 fully saturated rings. The SMILES string of the molecule is CCN(CC)c1cnnc(Nc2ccc(OC)cc2)n1. The molecule has 0 amide bonds. The van der Waals surface area contributed by atoms with E-state index in [1.807, 2.05) is 24.3 Å². The van der Waals surface area contributed by atoms with E-state index in [0.29, 0.717) is 5.95 Å². The van der Waals surface area contributed by atoms with Crippen LogP contribution >= 0.6 is 0 Å². The van der Waals surface area contributed by atoms with Crippen LogP contribution in [-0.4, -0.2) is 35.4 Å². The van der Waals surface area contributed by atoms with Gasteiger partial charge in [-0.05, 0) is 38.1 Å². The van der Waals surface area contributed by atoms with E-state index in [2.05, 4.69) is 39.2 Å². The third-order valence-corrected chi connectivity index (χ3v) is 2.98. The molecule has 0 unspecified atom stereocenters. The van der Waals surface area contributed by atoms with Gasteiger partial charge < -0.3 is 15.0 Å². The zero-order chi connectivity index (χ0) is 14.4. The van der Waals surface area contributed by atoms with Gasteiger partial charge in [0.2, 0.25) is 5.95 Å². The summed E-state index contributed by atoms with van der Waals surface area (Å²) in [6.45, 7) is 5.94. The largest absolute Gasteiger partial charge is 0.497 e. The van der Waals surface area contributed by atoms with Gasteiger partial charge in [-0.2, -0.15) is 10.1 Å². The Morgan fingerprint density at radius 3 is 2.45 bits per heavy atom. The number of benzene rings is 1. The van der Waals surface area contributed by atoms with Crippen LogP contribution in [0.5, 0.6) is 5.75 Å². The smallest absolute Gasteiger partial charge is 0.249 e. The number of hydrogen-bond acceptors (Lipinski definition) is 6. The molecule has 0 atom stereocenters. The van der Waals surface area contributed by atoms with Crippen molar-refractivity contribution in [2.24, 2.45) is 0 Å². The molecule has 0 aliphatic heterocycles. The third kappa shape index (κ3) is 3.34. The fourth-order valence-electron chi connectivity index (χ4n) is 1.85. The lowest BCUT2D eigenvalue weighted by Gasteiger charge is -2.19. The lowest BCUT2D eigenvalue weighted by Crippen LogP contribution is -2.23. The topological polar surface area (TPSA) is 63.2 Å². The maximum Gasteiger partial charge on any atom is 0.249 e. The summed E-state index contributed by atoms with van der Waals surface area (Å²) in [7, 11) is 1.64. The molecule has 1 N–H and O–H groups in total. The fourth-order valence-corrected chi connectivity index (χ4v) is 1.85. The van der Waals surface area contributed by atoms with E-state index >= 15 is 0 Å². The van der Waals surface area contributed by atoms with Gasteiger partial charge in [0, 0.05) is 18.8 Å². The predicted octanol–water partition coefficient (Wildman–Crippen LogP) is 2.47. The van der Waals surface area contributed by atoms with E-state index in [4.69, 9.17) is 4.74 Å². The molecule has 0 saturated carbocycles. The van der Waals surface area contributed by atoms with Gasteiger partial charge in [-0.3, -0.25) is 0 Å². The number of rotatable bonds is 6. The van der Waals surface area contributed by atoms with E-state index < -0.39 is 0 Å². The molecule has 0 radical (unpaired) electrons. The molecule has 0 spiro atoms. The average molecular weight is 273 g/mol. The highest BCUT2D eigenvalue weighted by Gasteiger charge is 2.06. The van der Waals surface area contributed by atoms with Crippen LogP contribution in [0.1, 0.15) is 13.8 Å². The summed E-state index contributed by atoms with van der Waals surface area (Å²) in [4.78, 5) is 6.58. The highest BCUT2D eigenvalue weighted by Crippen LogP contribution is 2.18. The van der Waals surface area contributed by atoms with Crippen LogP contribution in [-0.2, 0) is 0 Å². The number of hydrogen-bond donors (Lipinski definition) is 1. The average Bonchev–Trinajstić information content (AvgIpc) is 2.50. The Kier molecular flexibility index (Phi) is 4.70. The molecule has 20 heavy (non-hydrogen) atoms. The highest BCUT2D eigenvalue weighted by atomic mass is 16.5. The molecule has 0 saturated heterocycles. The summed E-state index contributed by atoms with van der Waals surface area (Å²) in [5, 5.41) is 11.1. The normalized spacial score (nSPS) is 10.2. The molecule has 1 heterocycles. The van der Waals surface area contributed by atoms with Gasteiger partial charge in [0.05, 0.1) is 13.3 Å². The molecule has 0 aliphatic rings. The molecule has 0 aliphatic carbocycles. The Hall–Kier alpha value is -2.37. The summed E-state index contributed by atoms with van der Waals surface area (Å²) in [5.41, 5.74) is 0.893. The second kappa shape index (κ2) is 6.70. The monoisotopic (exact) mass is 273 g/mol. The zero-order valence-corrected chi connectivity index (χ0v) is 12.0. The van der Waals surface area contributed by atoms with Crippen LogP contribution in [0.15, 0.2) is 30.5 Å². The van der Waals surface area contributed by atoms with E-state index in [-0.39, 0.29) is 0 Å². The minimum atomic E-state index is 0.486. The van der Waals surface area contributed by atoms with Crippen molar-refractivity contribution in [3.05, 3.63) is 30.5 Å². The van der Waals surface area contributed by atoms with Crippen molar-refractivity contribution < 1.29 is 4.74 Å². The number of nitrogens with one attached hydrogen (secondary N) is 1. The first kappa shape index (κ1) is 14.0. The minimum absolute atomic E-state index is 0.486. The maximum absolute atomic E-state index is 5.12. The first-order valence-corrected chi connectivity index (χ1v) is 6.62. The van der Waals surface area contributed by atoms with E-state index in [1.165, 1.54) is 0 Å². The molecule has 1 aromatic carbocycles. The van der Waals surface area contributed by atoms with Crippen LogP contribution in [0.4, 0.5) is 17.5 Å². The highest BCUT2D eigenvalue weighted by molar-refractivity contribution is 5.55. The van der Waals surface area contributed by atoms with Crippen molar-refractivity contribution >= 4 is 17.5 Å². The van der Waals surface area contributed by atoms with Gasteiger partial charge in [0.15, 0.2) is 5.82 Å². The maximum atomic E-state index is 5.12. The Morgan fingerprint density at radius 1 is 1.15 bits per heavy atom. The molecule has 0 bridgehead atoms. The summed E-state index contributed by atoms with van der Waals surface area (Å²) >= 11 is 0. The number of ether oxygens (including phenoxy) is 1. The second-order valence-corrected chi connectivity index (χ2v) is 4.16. The molecule has 6 heteroatoms. The molecular formula is C14H19N5O. The molecule has 106 valence electrons. The molecular weight excluding hydrogens is 254 g/mol. The van der Waals surface area contributed by atoms with Crippen LogP contribution in [0.25, 0.3) is 0 Å². The van der Waals surface area contributed by atoms with Gasteiger partial charge >= 0.3 is 0 Å². The third-order valence-electron chi connectivity index (χ3n) is 2.98. The van der Waals surface area contributed by atoms with Crippen LogP contribution in [0.3, 0.4) is 0 Å². The van der Waals surface area contributed by atoms with Crippen LogP contribution < -0.4 is 15.0 Å². The second-order valence-electron chi connectivity index (χ2n) is 4.16. The molecule has 2 rings (SSSR count). The van der Waals surface area contributed by atoms with E-state index in [9.17, 15) is 0 Å². The Bertz CT molecular complexity index is 540. The van der Waals surface area contributed by atoms with Crippen molar-refractivity contribution in [1.29, 1.82) is 0 Å². The Labute approximate surface area is 118 Å². The minimum Gasteiger partial charge on any atom is -0.497 e. The lowest BCUT2D eigenvalue weighted by molar-refractivity contribution is 0.415. The first-order valence-electron chi connectivity index (χ1n) is 6.62. The van der Waals surface area contributed by atoms with Gasteiger partial charge in [-0.15, -0.1) is 5.10 Å². The van der Waals surface area contributed by atoms with Crippen LogP contribution in [0, 0.1) is 0 Å². The first-order chi connectivity index (χ1) is 9.76. The van der Waals surface area contributed by atoms with Crippen molar-refractivity contribution in [3.8, 4) is 5.75 Å². The lowest BCUT2D eigenvalue weighted by atomic mass is 10.3. The van der Waals surface area contributed by atoms with Gasteiger partial charge in [0.1, 0.15) is 5.75 Å². The quantitative estimate of drug-likeness (QED) is 0.872. The molecule has 6 nitrogen and oxygen atoms in total. The van der Waals surface area contributed by atoms with Gasteiger partial charge in [-0.25, -0.2) is 0 Å². The van der Waals surface area contributed by atoms with Crippen molar-refractivity contribution in [3.63, 3.8) is 0 Å². The summed E-state index contributed by atoms with van der Waals surface area (Å²) < 4.78 is 5.12. The summed E-state index contributed by atoms with van der Waals surface area (Å²) in [6, 6.07) is 7.58. The molecule has 2 aromatic rings.